The molecule has 0 amide bonds. The van der Waals surface area contributed by atoms with E-state index >= 15 is 0 Å². The molecule has 3 heterocycles. The third-order valence-corrected chi connectivity index (χ3v) is 9.71. The Morgan fingerprint density at radius 1 is 1.10 bits per heavy atom. The van der Waals surface area contributed by atoms with Crippen LogP contribution in [-0.4, -0.2) is 81.2 Å². The molecular formula is C28H31N3O7S2. The smallest absolute Gasteiger partial charge is 0.250 e. The fourth-order valence-electron chi connectivity index (χ4n) is 4.81. The quantitative estimate of drug-likeness (QED) is 0.306. The molecule has 12 heteroatoms. The van der Waals surface area contributed by atoms with Gasteiger partial charge >= 0.3 is 0 Å². The van der Waals surface area contributed by atoms with Crippen molar-refractivity contribution in [2.75, 3.05) is 37.7 Å². The number of ether oxygens (including phenoxy) is 2. The molecule has 0 spiro atoms. The first kappa shape index (κ1) is 28.7. The number of aliphatic hydroxyl groups is 3. The lowest BCUT2D eigenvalue weighted by Crippen LogP contribution is -2.56. The van der Waals surface area contributed by atoms with Crippen LogP contribution in [0.2, 0.25) is 0 Å². The molecule has 0 bridgehead atoms. The van der Waals surface area contributed by atoms with E-state index in [9.17, 15) is 29.0 Å². The third kappa shape index (κ3) is 6.07. The zero-order valence-corrected chi connectivity index (χ0v) is 23.4. The Labute approximate surface area is 236 Å². The Morgan fingerprint density at radius 2 is 1.82 bits per heavy atom. The number of anilines is 1. The minimum absolute atomic E-state index is 0.427. The van der Waals surface area contributed by atoms with Crippen LogP contribution in [0.1, 0.15) is 11.8 Å². The molecule has 2 fully saturated rings. The van der Waals surface area contributed by atoms with Gasteiger partial charge in [-0.25, -0.2) is 13.1 Å². The summed E-state index contributed by atoms with van der Waals surface area (Å²) in [6.07, 6.45) is -3.93. The molecular weight excluding hydrogens is 554 g/mol. The lowest BCUT2D eigenvalue weighted by molar-refractivity contribution is -0.257. The Hall–Kier alpha value is -2.86. The van der Waals surface area contributed by atoms with Crippen molar-refractivity contribution in [3.63, 3.8) is 0 Å². The van der Waals surface area contributed by atoms with Crippen LogP contribution in [-0.2, 0) is 19.5 Å². The molecule has 5 rings (SSSR count). The molecule has 0 aliphatic carbocycles. The van der Waals surface area contributed by atoms with Crippen molar-refractivity contribution in [3.8, 4) is 16.5 Å². The number of hydrogen-bond acceptors (Lipinski definition) is 10. The van der Waals surface area contributed by atoms with Gasteiger partial charge in [-0.2, -0.15) is 5.26 Å². The third-order valence-electron chi connectivity index (χ3n) is 7.29. The predicted molar refractivity (Wildman–Crippen MR) is 153 cm³/mol. The van der Waals surface area contributed by atoms with E-state index in [4.69, 9.17) is 9.47 Å². The van der Waals surface area contributed by atoms with Crippen molar-refractivity contribution < 1.29 is 33.2 Å². The van der Waals surface area contributed by atoms with Crippen molar-refractivity contribution in [2.45, 2.75) is 31.5 Å². The molecule has 1 unspecified atom stereocenters. The number of nitriles is 1. The van der Waals surface area contributed by atoms with Gasteiger partial charge in [-0.3, -0.25) is 0 Å². The molecule has 2 saturated heterocycles. The van der Waals surface area contributed by atoms with Gasteiger partial charge in [-0.05, 0) is 52.7 Å². The second kappa shape index (κ2) is 11.9. The van der Waals surface area contributed by atoms with Crippen LogP contribution < -0.4 is 9.62 Å². The second-order valence-electron chi connectivity index (χ2n) is 9.93. The Morgan fingerprint density at radius 3 is 2.58 bits per heavy atom. The minimum Gasteiger partial charge on any atom is -0.390 e. The number of hydrogen-bond donors (Lipinski definition) is 4. The van der Waals surface area contributed by atoms with Gasteiger partial charge in [0, 0.05) is 41.0 Å². The topological polar surface area (TPSA) is 152 Å². The van der Waals surface area contributed by atoms with Crippen LogP contribution in [0.15, 0.2) is 53.4 Å². The molecule has 0 radical (unpaired) electrons. The van der Waals surface area contributed by atoms with E-state index in [1.54, 1.807) is 12.1 Å². The van der Waals surface area contributed by atoms with Crippen LogP contribution in [0.3, 0.4) is 0 Å². The summed E-state index contributed by atoms with van der Waals surface area (Å²) in [6, 6.07) is 17.9. The first-order valence-electron chi connectivity index (χ1n) is 12.9. The lowest BCUT2D eigenvalue weighted by Gasteiger charge is -2.39. The highest BCUT2D eigenvalue weighted by atomic mass is 32.2. The zero-order chi connectivity index (χ0) is 28.4. The summed E-state index contributed by atoms with van der Waals surface area (Å²) in [5.41, 5.74) is 2.14. The van der Waals surface area contributed by atoms with Crippen LogP contribution in [0.4, 0.5) is 5.69 Å². The normalized spacial score (nSPS) is 26.1. The number of nitrogens with zero attached hydrogens (tertiary/aromatic N) is 2. The Bertz CT molecular complexity index is 1540. The van der Waals surface area contributed by atoms with E-state index in [0.29, 0.717) is 4.88 Å². The van der Waals surface area contributed by atoms with Gasteiger partial charge in [0.1, 0.15) is 18.3 Å². The number of fused-ring (bicyclic) bond motifs is 1. The fraction of sp³-hybridized carbons (Fsp3) is 0.393. The number of aliphatic hydroxyl groups excluding tert-OH is 3. The summed E-state index contributed by atoms with van der Waals surface area (Å²) < 4.78 is 38.6. The second-order valence-corrected chi connectivity index (χ2v) is 12.8. The van der Waals surface area contributed by atoms with Gasteiger partial charge in [0.05, 0.1) is 19.3 Å². The lowest BCUT2D eigenvalue weighted by atomic mass is 9.92. The van der Waals surface area contributed by atoms with Crippen molar-refractivity contribution >= 4 is 43.9 Å². The molecule has 10 nitrogen and oxygen atoms in total. The van der Waals surface area contributed by atoms with Gasteiger partial charge in [-0.1, -0.05) is 25.1 Å². The minimum atomic E-state index is -4.25. The molecule has 2 aromatic carbocycles. The van der Waals surface area contributed by atoms with Crippen molar-refractivity contribution in [2.24, 2.45) is 5.92 Å². The SMILES string of the molecule is C[C@H]1C(O)O[C@H](CNS(=O)(=O)/C(C#N)=C/c2ccc(-c3ccc4cc(N5CCOCC5)ccc4c3)s2)[C@@H](O)[C@@H]1O. The van der Waals surface area contributed by atoms with Crippen molar-refractivity contribution in [1.82, 2.24) is 4.72 Å². The predicted octanol–water partition coefficient (Wildman–Crippen LogP) is 2.26. The van der Waals surface area contributed by atoms with Crippen LogP contribution in [0, 0.1) is 17.2 Å². The fourth-order valence-corrected chi connectivity index (χ4v) is 6.77. The maximum absolute atomic E-state index is 12.8. The van der Waals surface area contributed by atoms with Gasteiger partial charge in [0.15, 0.2) is 11.2 Å². The molecule has 2 aliphatic heterocycles. The first-order valence-corrected chi connectivity index (χ1v) is 15.2. The highest BCUT2D eigenvalue weighted by molar-refractivity contribution is 7.93. The van der Waals surface area contributed by atoms with Gasteiger partial charge in [0.25, 0.3) is 10.0 Å². The molecule has 1 aromatic heterocycles. The van der Waals surface area contributed by atoms with E-state index in [-0.39, 0.29) is 0 Å². The molecule has 2 aliphatic rings. The van der Waals surface area contributed by atoms with E-state index in [1.807, 2.05) is 12.1 Å². The van der Waals surface area contributed by atoms with Gasteiger partial charge in [0.2, 0.25) is 0 Å². The van der Waals surface area contributed by atoms with E-state index < -0.39 is 52.0 Å². The average molecular weight is 586 g/mol. The molecule has 0 saturated carbocycles. The van der Waals surface area contributed by atoms with E-state index in [2.05, 4.69) is 40.0 Å². The number of allylic oxidation sites excluding steroid dienone is 1. The highest BCUT2D eigenvalue weighted by Crippen LogP contribution is 2.33. The summed E-state index contributed by atoms with van der Waals surface area (Å²) in [6.45, 7) is 4.26. The monoisotopic (exact) mass is 585 g/mol. The van der Waals surface area contributed by atoms with Crippen LogP contribution in [0.25, 0.3) is 27.3 Å². The van der Waals surface area contributed by atoms with Crippen LogP contribution in [0.5, 0.6) is 0 Å². The largest absolute Gasteiger partial charge is 0.390 e. The number of rotatable bonds is 7. The summed E-state index contributed by atoms with van der Waals surface area (Å²) in [7, 11) is -4.25. The number of sulfonamides is 1. The number of morpholine rings is 1. The number of benzene rings is 2. The Balaban J connectivity index is 1.29. The van der Waals surface area contributed by atoms with E-state index in [1.165, 1.54) is 24.3 Å². The summed E-state index contributed by atoms with van der Waals surface area (Å²) >= 11 is 1.35. The molecule has 40 heavy (non-hydrogen) atoms. The maximum Gasteiger partial charge on any atom is 0.250 e. The molecule has 5 atom stereocenters. The molecule has 212 valence electrons. The van der Waals surface area contributed by atoms with Crippen molar-refractivity contribution in [3.05, 3.63) is 58.3 Å². The van der Waals surface area contributed by atoms with Crippen LogP contribution >= 0.6 is 11.3 Å². The van der Waals surface area contributed by atoms with E-state index in [0.717, 1.165) is 53.2 Å². The number of nitrogens with one attached hydrogen (secondary N) is 1. The maximum atomic E-state index is 12.8. The summed E-state index contributed by atoms with van der Waals surface area (Å²) in [5.74, 6) is -0.736. The Kier molecular flexibility index (Phi) is 8.55. The summed E-state index contributed by atoms with van der Waals surface area (Å²) in [4.78, 5) is 3.30. The standard InChI is InChI=1S/C28H31N3O7S2/c1-17-26(32)27(33)24(38-28(17)34)16-30-40(35,36)23(15-29)14-22-6-7-25(39-22)20-3-2-19-13-21(5-4-18(19)12-20)31-8-10-37-11-9-31/h2-7,12-14,17,24,26-28,30,32-34H,8-11,16H2,1H3/b23-14+/t17-,24-,26-,27-,28?/m1/s1. The van der Waals surface area contributed by atoms with Gasteiger partial charge in [-0.15, -0.1) is 11.3 Å². The summed E-state index contributed by atoms with van der Waals surface area (Å²) in [5, 5.41) is 41.9. The first-order chi connectivity index (χ1) is 19.2. The van der Waals surface area contributed by atoms with Crippen molar-refractivity contribution in [1.29, 1.82) is 5.26 Å². The molecule has 4 N–H and O–H groups in total. The number of thiophene rings is 1. The van der Waals surface area contributed by atoms with Gasteiger partial charge < -0.3 is 29.7 Å². The zero-order valence-electron chi connectivity index (χ0n) is 21.8. The molecule has 3 aromatic rings. The highest BCUT2D eigenvalue weighted by Gasteiger charge is 2.41. The average Bonchev–Trinajstić information content (AvgIpc) is 3.44.